The highest BCUT2D eigenvalue weighted by Crippen LogP contribution is 2.46. The summed E-state index contributed by atoms with van der Waals surface area (Å²) in [7, 11) is 9.62. The van der Waals surface area contributed by atoms with E-state index in [0.717, 1.165) is 22.3 Å². The Bertz CT molecular complexity index is 929. The molecule has 0 bridgehead atoms. The molecule has 0 heterocycles. The van der Waals surface area contributed by atoms with Gasteiger partial charge in [-0.1, -0.05) is 24.3 Å². The van der Waals surface area contributed by atoms with Crippen LogP contribution in [0.5, 0.6) is 34.5 Å². The molecule has 0 N–H and O–H groups in total. The molecule has 0 aliphatic carbocycles. The van der Waals surface area contributed by atoms with Gasteiger partial charge in [-0.15, -0.1) is 0 Å². The first kappa shape index (κ1) is 21.2. The molecular weight excluding hydrogens is 384 g/mol. The van der Waals surface area contributed by atoms with Crippen molar-refractivity contribution in [3.05, 3.63) is 48.5 Å². The molecule has 0 radical (unpaired) electrons. The molecule has 0 unspecified atom stereocenters. The van der Waals surface area contributed by atoms with E-state index in [4.69, 9.17) is 28.4 Å². The van der Waals surface area contributed by atoms with E-state index < -0.39 is 0 Å². The van der Waals surface area contributed by atoms with Crippen molar-refractivity contribution >= 4 is 0 Å². The molecule has 3 aromatic carbocycles. The Hall–Kier alpha value is -3.54. The highest BCUT2D eigenvalue weighted by Gasteiger charge is 2.19. The number of rotatable bonds is 8. The molecule has 0 fully saturated rings. The van der Waals surface area contributed by atoms with Crippen molar-refractivity contribution in [2.24, 2.45) is 0 Å². The minimum atomic E-state index is 0.558. The summed E-state index contributed by atoms with van der Waals surface area (Å²) in [6.45, 7) is 0. The van der Waals surface area contributed by atoms with Crippen LogP contribution in [0.4, 0.5) is 0 Å². The third-order valence-corrected chi connectivity index (χ3v) is 4.92. The summed E-state index contributed by atoms with van der Waals surface area (Å²) in [5, 5.41) is 0. The number of methoxy groups -OCH3 is 6. The molecule has 3 aromatic rings. The molecular formula is C24H26O6. The molecule has 0 aliphatic heterocycles. The Labute approximate surface area is 176 Å². The minimum Gasteiger partial charge on any atom is -0.493 e. The Morgan fingerprint density at radius 3 is 0.967 bits per heavy atom. The molecule has 6 heteroatoms. The van der Waals surface area contributed by atoms with Crippen LogP contribution in [0.3, 0.4) is 0 Å². The van der Waals surface area contributed by atoms with Crippen LogP contribution >= 0.6 is 0 Å². The Morgan fingerprint density at radius 1 is 0.367 bits per heavy atom. The lowest BCUT2D eigenvalue weighted by Crippen LogP contribution is -1.97. The smallest absolute Gasteiger partial charge is 0.203 e. The van der Waals surface area contributed by atoms with Gasteiger partial charge in [-0.3, -0.25) is 0 Å². The van der Waals surface area contributed by atoms with Crippen molar-refractivity contribution in [3.8, 4) is 56.8 Å². The van der Waals surface area contributed by atoms with Gasteiger partial charge in [0.05, 0.1) is 42.7 Å². The zero-order valence-corrected chi connectivity index (χ0v) is 18.1. The first-order valence-corrected chi connectivity index (χ1v) is 9.32. The average Bonchev–Trinajstić information content (AvgIpc) is 2.81. The van der Waals surface area contributed by atoms with Crippen molar-refractivity contribution in [2.75, 3.05) is 42.7 Å². The standard InChI is InChI=1S/C24H26O6/c1-25-19-13-11-17(21(27-3)23(19)29-5)15-7-9-16(10-8-15)18-12-14-20(26-2)24(30-6)22(18)28-4/h7-14H,1-6H3. The Balaban J connectivity index is 2.07. The van der Waals surface area contributed by atoms with E-state index in [9.17, 15) is 0 Å². The van der Waals surface area contributed by atoms with E-state index in [-0.39, 0.29) is 0 Å². The summed E-state index contributed by atoms with van der Waals surface area (Å²) in [6.07, 6.45) is 0. The lowest BCUT2D eigenvalue weighted by atomic mass is 9.98. The topological polar surface area (TPSA) is 55.4 Å². The predicted molar refractivity (Wildman–Crippen MR) is 117 cm³/mol. The molecule has 0 saturated carbocycles. The molecule has 0 atom stereocenters. The van der Waals surface area contributed by atoms with Gasteiger partial charge in [0.1, 0.15) is 0 Å². The summed E-state index contributed by atoms with van der Waals surface area (Å²) in [6, 6.07) is 15.7. The summed E-state index contributed by atoms with van der Waals surface area (Å²) in [5.74, 6) is 3.59. The number of benzene rings is 3. The first-order chi connectivity index (χ1) is 14.6. The second-order valence-electron chi connectivity index (χ2n) is 6.34. The highest BCUT2D eigenvalue weighted by atomic mass is 16.5. The van der Waals surface area contributed by atoms with Gasteiger partial charge in [-0.25, -0.2) is 0 Å². The Morgan fingerprint density at radius 2 is 0.700 bits per heavy atom. The van der Waals surface area contributed by atoms with Gasteiger partial charge in [0.2, 0.25) is 11.5 Å². The maximum Gasteiger partial charge on any atom is 0.203 e. The second kappa shape index (κ2) is 9.31. The molecule has 0 saturated heterocycles. The monoisotopic (exact) mass is 410 g/mol. The zero-order valence-electron chi connectivity index (χ0n) is 18.1. The van der Waals surface area contributed by atoms with Gasteiger partial charge in [-0.2, -0.15) is 0 Å². The quantitative estimate of drug-likeness (QED) is 0.517. The zero-order chi connectivity index (χ0) is 21.7. The molecule has 6 nitrogen and oxygen atoms in total. The number of hydrogen-bond acceptors (Lipinski definition) is 6. The summed E-state index contributed by atoms with van der Waals surface area (Å²) in [4.78, 5) is 0. The fraction of sp³-hybridized carbons (Fsp3) is 0.250. The summed E-state index contributed by atoms with van der Waals surface area (Å²) >= 11 is 0. The normalized spacial score (nSPS) is 10.3. The lowest BCUT2D eigenvalue weighted by Gasteiger charge is -2.17. The second-order valence-corrected chi connectivity index (χ2v) is 6.34. The van der Waals surface area contributed by atoms with Crippen LogP contribution in [0.2, 0.25) is 0 Å². The van der Waals surface area contributed by atoms with E-state index in [1.54, 1.807) is 42.7 Å². The van der Waals surface area contributed by atoms with Gasteiger partial charge >= 0.3 is 0 Å². The molecule has 3 rings (SSSR count). The van der Waals surface area contributed by atoms with E-state index in [0.29, 0.717) is 34.5 Å². The minimum absolute atomic E-state index is 0.558. The van der Waals surface area contributed by atoms with Crippen LogP contribution in [-0.4, -0.2) is 42.7 Å². The molecule has 158 valence electrons. The van der Waals surface area contributed by atoms with Gasteiger partial charge < -0.3 is 28.4 Å². The maximum absolute atomic E-state index is 5.62. The van der Waals surface area contributed by atoms with E-state index in [1.165, 1.54) is 0 Å². The van der Waals surface area contributed by atoms with Gasteiger partial charge in [0.15, 0.2) is 23.0 Å². The van der Waals surface area contributed by atoms with Crippen LogP contribution in [0.25, 0.3) is 22.3 Å². The van der Waals surface area contributed by atoms with Crippen LogP contribution < -0.4 is 28.4 Å². The van der Waals surface area contributed by atoms with Crippen LogP contribution in [0, 0.1) is 0 Å². The highest BCUT2D eigenvalue weighted by molar-refractivity contribution is 5.81. The van der Waals surface area contributed by atoms with Crippen molar-refractivity contribution in [1.82, 2.24) is 0 Å². The van der Waals surface area contributed by atoms with Crippen molar-refractivity contribution in [3.63, 3.8) is 0 Å². The van der Waals surface area contributed by atoms with Crippen LogP contribution in [0.1, 0.15) is 0 Å². The van der Waals surface area contributed by atoms with Gasteiger partial charge in [0.25, 0.3) is 0 Å². The predicted octanol–water partition coefficient (Wildman–Crippen LogP) is 5.07. The molecule has 0 spiro atoms. The fourth-order valence-electron chi connectivity index (χ4n) is 3.49. The average molecular weight is 410 g/mol. The van der Waals surface area contributed by atoms with Crippen molar-refractivity contribution in [2.45, 2.75) is 0 Å². The van der Waals surface area contributed by atoms with Gasteiger partial charge in [0, 0.05) is 11.1 Å². The number of ether oxygens (including phenoxy) is 6. The lowest BCUT2D eigenvalue weighted by molar-refractivity contribution is 0.325. The van der Waals surface area contributed by atoms with E-state index >= 15 is 0 Å². The third kappa shape index (κ3) is 3.68. The van der Waals surface area contributed by atoms with Crippen molar-refractivity contribution < 1.29 is 28.4 Å². The number of hydrogen-bond donors (Lipinski definition) is 0. The Kier molecular flexibility index (Phi) is 6.57. The largest absolute Gasteiger partial charge is 0.493 e. The first-order valence-electron chi connectivity index (χ1n) is 9.32. The van der Waals surface area contributed by atoms with Crippen LogP contribution in [-0.2, 0) is 0 Å². The van der Waals surface area contributed by atoms with Crippen molar-refractivity contribution in [1.29, 1.82) is 0 Å². The summed E-state index contributed by atoms with van der Waals surface area (Å²) in [5.41, 5.74) is 3.77. The molecule has 0 aliphatic rings. The van der Waals surface area contributed by atoms with Crippen LogP contribution in [0.15, 0.2) is 48.5 Å². The third-order valence-electron chi connectivity index (χ3n) is 4.92. The van der Waals surface area contributed by atoms with E-state index in [2.05, 4.69) is 0 Å². The van der Waals surface area contributed by atoms with Gasteiger partial charge in [-0.05, 0) is 35.4 Å². The van der Waals surface area contributed by atoms with E-state index in [1.807, 2.05) is 48.5 Å². The molecule has 30 heavy (non-hydrogen) atoms. The molecule has 0 aromatic heterocycles. The summed E-state index contributed by atoms with van der Waals surface area (Å²) < 4.78 is 33.0. The molecule has 0 amide bonds. The fourth-order valence-corrected chi connectivity index (χ4v) is 3.49. The SMILES string of the molecule is COc1ccc(-c2ccc(-c3ccc(OC)c(OC)c3OC)cc2)c(OC)c1OC. The maximum atomic E-state index is 5.62.